The first-order valence-electron chi connectivity index (χ1n) is 5.16. The molecule has 110 valence electrons. The van der Waals surface area contributed by atoms with E-state index in [0.29, 0.717) is 0 Å². The van der Waals surface area contributed by atoms with E-state index in [0.717, 1.165) is 25.2 Å². The van der Waals surface area contributed by atoms with Crippen molar-refractivity contribution >= 4 is 23.3 Å². The number of rotatable bonds is 4. The van der Waals surface area contributed by atoms with Crippen LogP contribution in [0.5, 0.6) is 0 Å². The van der Waals surface area contributed by atoms with E-state index in [9.17, 15) is 27.2 Å². The summed E-state index contributed by atoms with van der Waals surface area (Å²) in [6.45, 7) is 0. The van der Waals surface area contributed by atoms with Crippen LogP contribution in [0.2, 0.25) is 0 Å². The molecule has 9 heteroatoms. The third-order valence-corrected chi connectivity index (χ3v) is 2.50. The molecule has 1 aromatic carbocycles. The van der Waals surface area contributed by atoms with Crippen molar-refractivity contribution in [1.29, 1.82) is 0 Å². The maximum atomic E-state index is 12.9. The summed E-state index contributed by atoms with van der Waals surface area (Å²) in [5.41, 5.74) is 4.61. The molecule has 0 atom stereocenters. The predicted octanol–water partition coefficient (Wildman–Crippen LogP) is 1.83. The zero-order valence-corrected chi connectivity index (χ0v) is 10.1. The van der Waals surface area contributed by atoms with Crippen LogP contribution in [0.15, 0.2) is 18.2 Å². The van der Waals surface area contributed by atoms with Crippen LogP contribution in [0, 0.1) is 0 Å². The van der Waals surface area contributed by atoms with Crippen LogP contribution in [0.3, 0.4) is 0 Å². The second kappa shape index (κ2) is 5.35. The van der Waals surface area contributed by atoms with Gasteiger partial charge < -0.3 is 15.7 Å². The molecule has 0 aliphatic rings. The number of benzene rings is 1. The number of aromatic carboxylic acids is 1. The fourth-order valence-electron chi connectivity index (χ4n) is 1.42. The lowest BCUT2D eigenvalue weighted by Crippen LogP contribution is -2.46. The number of hydrogen-bond donors (Lipinski definition) is 2. The molecule has 1 aromatic rings. The minimum atomic E-state index is -4.85. The molecule has 0 heterocycles. The van der Waals surface area contributed by atoms with Crippen LogP contribution in [-0.4, -0.2) is 36.4 Å². The highest BCUT2D eigenvalue weighted by Gasteiger charge is 2.50. The molecule has 20 heavy (non-hydrogen) atoms. The van der Waals surface area contributed by atoms with Crippen molar-refractivity contribution in [2.24, 2.45) is 0 Å². The minimum absolute atomic E-state index is 0.229. The number of nitrogens with two attached hydrogens (primary N) is 1. The second-order valence-corrected chi connectivity index (χ2v) is 3.87. The number of carboxylic acid groups (broad SMARTS) is 1. The summed E-state index contributed by atoms with van der Waals surface area (Å²) < 4.78 is 50.1. The summed E-state index contributed by atoms with van der Waals surface area (Å²) in [6.07, 6.45) is -4.16. The van der Waals surface area contributed by atoms with Gasteiger partial charge in [-0.05, 0) is 18.2 Å². The van der Waals surface area contributed by atoms with Gasteiger partial charge in [-0.1, -0.05) is 0 Å². The Hall–Kier alpha value is -2.32. The Kier molecular flexibility index (Phi) is 4.21. The van der Waals surface area contributed by atoms with Crippen molar-refractivity contribution in [3.05, 3.63) is 23.8 Å². The number of halogens is 4. The van der Waals surface area contributed by atoms with Crippen LogP contribution in [0.1, 0.15) is 10.4 Å². The number of carbonyl (C=O) groups excluding carboxylic acids is 1. The highest BCUT2D eigenvalue weighted by molar-refractivity contribution is 6.01. The van der Waals surface area contributed by atoms with Gasteiger partial charge in [0.05, 0.1) is 16.9 Å². The predicted molar refractivity (Wildman–Crippen MR) is 62.2 cm³/mol. The monoisotopic (exact) mass is 294 g/mol. The van der Waals surface area contributed by atoms with Crippen molar-refractivity contribution in [2.45, 2.75) is 12.3 Å². The second-order valence-electron chi connectivity index (χ2n) is 3.87. The standard InChI is InChI=1S/C11H10F4N2O3/c1-17(10(20)11(14,15)9(12)13)7-3-2-5(8(18)19)4-6(7)16/h2-4,9H,16H2,1H3,(H,18,19). The molecule has 0 aliphatic heterocycles. The van der Waals surface area contributed by atoms with E-state index in [2.05, 4.69) is 0 Å². The highest BCUT2D eigenvalue weighted by atomic mass is 19.3. The van der Waals surface area contributed by atoms with Crippen molar-refractivity contribution in [3.8, 4) is 0 Å². The van der Waals surface area contributed by atoms with E-state index in [1.165, 1.54) is 0 Å². The number of amides is 1. The molecule has 3 N–H and O–H groups in total. The maximum absolute atomic E-state index is 12.9. The van der Waals surface area contributed by atoms with Crippen LogP contribution in [0.25, 0.3) is 0 Å². The van der Waals surface area contributed by atoms with Gasteiger partial charge in [0, 0.05) is 7.05 Å². The van der Waals surface area contributed by atoms with Crippen LogP contribution in [-0.2, 0) is 4.79 Å². The third-order valence-electron chi connectivity index (χ3n) is 2.50. The fraction of sp³-hybridized carbons (Fsp3) is 0.273. The van der Waals surface area contributed by atoms with Gasteiger partial charge in [-0.2, -0.15) is 8.78 Å². The average Bonchev–Trinajstić information content (AvgIpc) is 2.36. The lowest BCUT2D eigenvalue weighted by Gasteiger charge is -2.24. The molecule has 0 fully saturated rings. The van der Waals surface area contributed by atoms with Gasteiger partial charge in [-0.15, -0.1) is 0 Å². The topological polar surface area (TPSA) is 83.6 Å². The van der Waals surface area contributed by atoms with Gasteiger partial charge in [-0.3, -0.25) is 4.79 Å². The normalized spacial score (nSPS) is 11.5. The summed E-state index contributed by atoms with van der Waals surface area (Å²) in [6, 6.07) is 2.93. The fourth-order valence-corrected chi connectivity index (χ4v) is 1.42. The minimum Gasteiger partial charge on any atom is -0.478 e. The molecular formula is C11H10F4N2O3. The first-order chi connectivity index (χ1) is 9.09. The quantitative estimate of drug-likeness (QED) is 0.655. The van der Waals surface area contributed by atoms with Crippen LogP contribution < -0.4 is 10.6 Å². The van der Waals surface area contributed by atoms with Gasteiger partial charge in [0.15, 0.2) is 0 Å². The van der Waals surface area contributed by atoms with Gasteiger partial charge in [0.25, 0.3) is 0 Å². The van der Waals surface area contributed by atoms with Gasteiger partial charge >= 0.3 is 24.2 Å². The van der Waals surface area contributed by atoms with Gasteiger partial charge in [-0.25, -0.2) is 13.6 Å². The van der Waals surface area contributed by atoms with E-state index in [1.807, 2.05) is 0 Å². The van der Waals surface area contributed by atoms with E-state index in [1.54, 1.807) is 0 Å². The Morgan fingerprint density at radius 1 is 1.35 bits per heavy atom. The van der Waals surface area contributed by atoms with E-state index < -0.39 is 24.2 Å². The summed E-state index contributed by atoms with van der Waals surface area (Å²) in [4.78, 5) is 22.2. The number of hydrogen-bond acceptors (Lipinski definition) is 3. The Balaban J connectivity index is 3.13. The summed E-state index contributed by atoms with van der Waals surface area (Å²) in [5, 5.41) is 8.69. The number of anilines is 2. The van der Waals surface area contributed by atoms with Crippen molar-refractivity contribution in [3.63, 3.8) is 0 Å². The van der Waals surface area contributed by atoms with Crippen LogP contribution in [0.4, 0.5) is 28.9 Å². The number of nitrogen functional groups attached to an aromatic ring is 1. The lowest BCUT2D eigenvalue weighted by molar-refractivity contribution is -0.166. The largest absolute Gasteiger partial charge is 0.478 e. The Bertz CT molecular complexity index is 548. The van der Waals surface area contributed by atoms with Crippen molar-refractivity contribution in [1.82, 2.24) is 0 Å². The zero-order chi connectivity index (χ0) is 15.7. The smallest absolute Gasteiger partial charge is 0.384 e. The Morgan fingerprint density at radius 3 is 2.30 bits per heavy atom. The molecule has 0 saturated heterocycles. The van der Waals surface area contributed by atoms with Crippen LogP contribution >= 0.6 is 0 Å². The summed E-state index contributed by atoms with van der Waals surface area (Å²) in [5.74, 6) is -8.30. The number of carbonyl (C=O) groups is 2. The average molecular weight is 294 g/mol. The number of nitrogens with zero attached hydrogens (tertiary/aromatic N) is 1. The van der Waals surface area contributed by atoms with Crippen molar-refractivity contribution < 1.29 is 32.3 Å². The SMILES string of the molecule is CN(C(=O)C(F)(F)C(F)F)c1ccc(C(=O)O)cc1N. The van der Waals surface area contributed by atoms with E-state index >= 15 is 0 Å². The van der Waals surface area contributed by atoms with Crippen molar-refractivity contribution in [2.75, 3.05) is 17.7 Å². The maximum Gasteiger partial charge on any atom is 0.384 e. The molecule has 1 amide bonds. The highest BCUT2D eigenvalue weighted by Crippen LogP contribution is 2.30. The van der Waals surface area contributed by atoms with E-state index in [4.69, 9.17) is 10.8 Å². The molecule has 5 nitrogen and oxygen atoms in total. The lowest BCUT2D eigenvalue weighted by atomic mass is 10.1. The van der Waals surface area contributed by atoms with Gasteiger partial charge in [0.2, 0.25) is 0 Å². The molecule has 1 rings (SSSR count). The molecule has 0 saturated carbocycles. The number of carboxylic acids is 1. The summed E-state index contributed by atoms with van der Waals surface area (Å²) in [7, 11) is 0.838. The molecule has 0 aliphatic carbocycles. The zero-order valence-electron chi connectivity index (χ0n) is 10.1. The summed E-state index contributed by atoms with van der Waals surface area (Å²) >= 11 is 0. The van der Waals surface area contributed by atoms with E-state index in [-0.39, 0.29) is 21.8 Å². The molecule has 0 aromatic heterocycles. The Morgan fingerprint density at radius 2 is 1.90 bits per heavy atom. The molecule has 0 unspecified atom stereocenters. The molecule has 0 bridgehead atoms. The van der Waals surface area contributed by atoms with Gasteiger partial charge in [0.1, 0.15) is 0 Å². The first kappa shape index (κ1) is 15.7. The molecule has 0 radical (unpaired) electrons. The first-order valence-corrected chi connectivity index (χ1v) is 5.16. The third kappa shape index (κ3) is 2.81. The molecular weight excluding hydrogens is 284 g/mol. The number of alkyl halides is 4. The molecule has 0 spiro atoms. The Labute approximate surface area is 110 Å².